The van der Waals surface area contributed by atoms with Gasteiger partial charge in [0.2, 0.25) is 0 Å². The number of anilines is 1. The molecule has 1 aliphatic rings. The van der Waals surface area contributed by atoms with E-state index in [9.17, 15) is 14.4 Å². The van der Waals surface area contributed by atoms with E-state index in [2.05, 4.69) is 5.32 Å². The van der Waals surface area contributed by atoms with E-state index in [4.69, 9.17) is 10.5 Å². The highest BCUT2D eigenvalue weighted by Crippen LogP contribution is 2.29. The van der Waals surface area contributed by atoms with Gasteiger partial charge in [-0.25, -0.2) is 4.79 Å². The van der Waals surface area contributed by atoms with E-state index in [1.165, 1.54) is 52.0 Å². The van der Waals surface area contributed by atoms with Gasteiger partial charge in [-0.1, -0.05) is 12.8 Å². The molecule has 0 aliphatic heterocycles. The van der Waals surface area contributed by atoms with E-state index < -0.39 is 24.4 Å². The molecule has 2 amide bonds. The summed E-state index contributed by atoms with van der Waals surface area (Å²) in [6, 6.07) is 3.44. The van der Waals surface area contributed by atoms with Gasteiger partial charge in [-0.05, 0) is 48.8 Å². The third kappa shape index (κ3) is 4.50. The van der Waals surface area contributed by atoms with Gasteiger partial charge in [-0.3, -0.25) is 9.59 Å². The van der Waals surface area contributed by atoms with E-state index in [1.54, 1.807) is 5.38 Å². The van der Waals surface area contributed by atoms with Gasteiger partial charge in [-0.2, -0.15) is 0 Å². The summed E-state index contributed by atoms with van der Waals surface area (Å²) in [7, 11) is 0. The van der Waals surface area contributed by atoms with Crippen LogP contribution >= 0.6 is 22.7 Å². The number of rotatable bonds is 5. The molecule has 8 heteroatoms. The number of aryl methyl sites for hydroxylation is 2. The molecule has 0 bridgehead atoms. The molecule has 0 saturated carbocycles. The number of nitrogens with two attached hydrogens (primary N) is 1. The van der Waals surface area contributed by atoms with Crippen molar-refractivity contribution in [2.75, 3.05) is 11.9 Å². The smallest absolute Gasteiger partial charge is 0.348 e. The number of carbonyl (C=O) groups excluding carboxylic acids is 3. The zero-order valence-corrected chi connectivity index (χ0v) is 15.8. The van der Waals surface area contributed by atoms with Gasteiger partial charge in [0, 0.05) is 4.88 Å². The van der Waals surface area contributed by atoms with E-state index >= 15 is 0 Å². The normalized spacial score (nSPS) is 14.0. The van der Waals surface area contributed by atoms with Crippen LogP contribution in [0.4, 0.5) is 5.00 Å². The predicted octanol–water partition coefficient (Wildman–Crippen LogP) is 3.36. The maximum atomic E-state index is 12.3. The Labute approximate surface area is 159 Å². The van der Waals surface area contributed by atoms with Crippen molar-refractivity contribution >= 4 is 45.5 Å². The van der Waals surface area contributed by atoms with Crippen LogP contribution in [0.5, 0.6) is 0 Å². The van der Waals surface area contributed by atoms with Gasteiger partial charge in [0.05, 0.1) is 5.56 Å². The van der Waals surface area contributed by atoms with Crippen molar-refractivity contribution in [3.63, 3.8) is 0 Å². The van der Waals surface area contributed by atoms with Crippen LogP contribution in [0.2, 0.25) is 0 Å². The summed E-state index contributed by atoms with van der Waals surface area (Å²) in [6.45, 7) is -0.405. The van der Waals surface area contributed by atoms with Crippen molar-refractivity contribution in [3.8, 4) is 0 Å². The molecule has 2 aromatic heterocycles. The number of carbonyl (C=O) groups is 3. The Hall–Kier alpha value is -2.19. The molecule has 0 saturated heterocycles. The summed E-state index contributed by atoms with van der Waals surface area (Å²) in [5, 5.41) is 4.56. The molecule has 0 atom stereocenters. The first kappa shape index (κ1) is 18.6. The molecule has 0 unspecified atom stereocenters. The number of amides is 2. The summed E-state index contributed by atoms with van der Waals surface area (Å²) in [6.07, 6.45) is 6.74. The monoisotopic (exact) mass is 392 g/mol. The third-order valence-corrected chi connectivity index (χ3v) is 6.26. The van der Waals surface area contributed by atoms with Gasteiger partial charge in [0.25, 0.3) is 11.8 Å². The lowest BCUT2D eigenvalue weighted by Crippen LogP contribution is -2.22. The van der Waals surface area contributed by atoms with Gasteiger partial charge in [0.15, 0.2) is 6.61 Å². The maximum absolute atomic E-state index is 12.3. The molecular weight excluding hydrogens is 372 g/mol. The second-order valence-corrected chi connectivity index (χ2v) is 8.18. The first-order valence-electron chi connectivity index (χ1n) is 8.50. The molecule has 0 spiro atoms. The molecule has 0 radical (unpaired) electrons. The molecule has 26 heavy (non-hydrogen) atoms. The Morgan fingerprint density at radius 1 is 1.15 bits per heavy atom. The van der Waals surface area contributed by atoms with Crippen LogP contribution < -0.4 is 11.1 Å². The Kier molecular flexibility index (Phi) is 6.05. The summed E-state index contributed by atoms with van der Waals surface area (Å²) in [5.41, 5.74) is 6.71. The molecule has 1 aliphatic carbocycles. The highest BCUT2D eigenvalue weighted by molar-refractivity contribution is 7.15. The minimum atomic E-state index is -0.616. The summed E-state index contributed by atoms with van der Waals surface area (Å²) >= 11 is 2.65. The first-order valence-corrected chi connectivity index (χ1v) is 10.2. The fourth-order valence-electron chi connectivity index (χ4n) is 2.91. The minimum absolute atomic E-state index is 0.243. The molecule has 3 rings (SSSR count). The molecule has 2 aromatic rings. The van der Waals surface area contributed by atoms with Crippen molar-refractivity contribution in [1.29, 1.82) is 0 Å². The largest absolute Gasteiger partial charge is 0.451 e. The second kappa shape index (κ2) is 8.46. The highest BCUT2D eigenvalue weighted by Gasteiger charge is 2.19. The van der Waals surface area contributed by atoms with Crippen LogP contribution in [-0.4, -0.2) is 24.4 Å². The van der Waals surface area contributed by atoms with Crippen molar-refractivity contribution in [2.24, 2.45) is 5.73 Å². The number of ether oxygens (including phenoxy) is 1. The first-order chi connectivity index (χ1) is 12.5. The fraction of sp³-hybridized carbons (Fsp3) is 0.389. The minimum Gasteiger partial charge on any atom is -0.451 e. The molecular formula is C18H20N2O4S2. The van der Waals surface area contributed by atoms with Gasteiger partial charge < -0.3 is 15.8 Å². The summed E-state index contributed by atoms with van der Waals surface area (Å²) in [5.74, 6) is -1.61. The van der Waals surface area contributed by atoms with E-state index in [-0.39, 0.29) is 5.56 Å². The number of thiophene rings is 2. The van der Waals surface area contributed by atoms with Crippen molar-refractivity contribution in [1.82, 2.24) is 0 Å². The molecule has 0 aromatic carbocycles. The van der Waals surface area contributed by atoms with Crippen LogP contribution in [0.3, 0.4) is 0 Å². The highest BCUT2D eigenvalue weighted by atomic mass is 32.1. The van der Waals surface area contributed by atoms with E-state index in [0.717, 1.165) is 25.7 Å². The third-order valence-electron chi connectivity index (χ3n) is 4.22. The molecule has 6 nitrogen and oxygen atoms in total. The number of hydrogen-bond acceptors (Lipinski definition) is 6. The lowest BCUT2D eigenvalue weighted by atomic mass is 10.00. The number of esters is 1. The fourth-order valence-corrected chi connectivity index (χ4v) is 4.87. The second-order valence-electron chi connectivity index (χ2n) is 6.13. The van der Waals surface area contributed by atoms with Crippen LogP contribution in [-0.2, 0) is 22.4 Å². The number of nitrogens with one attached hydrogen (secondary N) is 1. The van der Waals surface area contributed by atoms with Crippen LogP contribution in [0.1, 0.15) is 56.2 Å². The van der Waals surface area contributed by atoms with Gasteiger partial charge in [-0.15, -0.1) is 22.7 Å². The Balaban J connectivity index is 1.56. The quantitative estimate of drug-likeness (QED) is 0.762. The van der Waals surface area contributed by atoms with Crippen LogP contribution in [0, 0.1) is 0 Å². The molecule has 0 fully saturated rings. The standard InChI is InChI=1S/C18H20N2O4S2/c19-16(22)12-7-8-25-17(12)20-15(21)10-24-18(23)14-9-11-5-3-1-2-4-6-13(11)26-14/h7-9H,1-6,10H2,(H2,19,22)(H,20,21). The summed E-state index contributed by atoms with van der Waals surface area (Å²) in [4.78, 5) is 37.3. The van der Waals surface area contributed by atoms with Gasteiger partial charge in [0.1, 0.15) is 9.88 Å². The summed E-state index contributed by atoms with van der Waals surface area (Å²) < 4.78 is 5.13. The SMILES string of the molecule is NC(=O)c1ccsc1NC(=O)COC(=O)c1cc2c(s1)CCCCCC2. The number of hydrogen-bond donors (Lipinski definition) is 2. The zero-order chi connectivity index (χ0) is 18.5. The number of primary amides is 1. The molecule has 2 heterocycles. The number of fused-ring (bicyclic) bond motifs is 1. The Bertz CT molecular complexity index is 800. The van der Waals surface area contributed by atoms with Crippen molar-refractivity contribution in [3.05, 3.63) is 38.4 Å². The van der Waals surface area contributed by atoms with Gasteiger partial charge >= 0.3 is 5.97 Å². The lowest BCUT2D eigenvalue weighted by Gasteiger charge is -2.07. The molecule has 138 valence electrons. The average molecular weight is 393 g/mol. The Morgan fingerprint density at radius 3 is 2.69 bits per heavy atom. The Morgan fingerprint density at radius 2 is 1.92 bits per heavy atom. The zero-order valence-electron chi connectivity index (χ0n) is 14.2. The van der Waals surface area contributed by atoms with E-state index in [0.29, 0.717) is 9.88 Å². The lowest BCUT2D eigenvalue weighted by molar-refractivity contribution is -0.119. The average Bonchev–Trinajstić information content (AvgIpc) is 3.19. The van der Waals surface area contributed by atoms with E-state index in [1.807, 2.05) is 6.07 Å². The maximum Gasteiger partial charge on any atom is 0.348 e. The molecule has 3 N–H and O–H groups in total. The van der Waals surface area contributed by atoms with Crippen molar-refractivity contribution < 1.29 is 19.1 Å². The van der Waals surface area contributed by atoms with Crippen molar-refractivity contribution in [2.45, 2.75) is 38.5 Å². The predicted molar refractivity (Wildman–Crippen MR) is 102 cm³/mol. The van der Waals surface area contributed by atoms with Crippen LogP contribution in [0.15, 0.2) is 17.5 Å². The topological polar surface area (TPSA) is 98.5 Å². The van der Waals surface area contributed by atoms with Crippen LogP contribution in [0.25, 0.3) is 0 Å².